The second-order valence-corrected chi connectivity index (χ2v) is 7.87. The van der Waals surface area contributed by atoms with Crippen LogP contribution >= 0.6 is 11.6 Å². The molecule has 1 fully saturated rings. The van der Waals surface area contributed by atoms with Crippen LogP contribution < -0.4 is 11.6 Å². The van der Waals surface area contributed by atoms with Gasteiger partial charge in [0.05, 0.1) is 11.4 Å². The van der Waals surface area contributed by atoms with Crippen LogP contribution in [0.25, 0.3) is 22.2 Å². The lowest BCUT2D eigenvalue weighted by Crippen LogP contribution is -2.20. The zero-order chi connectivity index (χ0) is 20.4. The lowest BCUT2D eigenvalue weighted by atomic mass is 9.86. The van der Waals surface area contributed by atoms with Gasteiger partial charge in [0.2, 0.25) is 0 Å². The van der Waals surface area contributed by atoms with Crippen molar-refractivity contribution in [1.82, 2.24) is 14.5 Å². The number of nitrogens with two attached hydrogens (primary N) is 2. The Kier molecular flexibility index (Phi) is 5.49. The molecule has 1 aliphatic carbocycles. The lowest BCUT2D eigenvalue weighted by molar-refractivity contribution is 0.326. The van der Waals surface area contributed by atoms with Crippen LogP contribution in [0.1, 0.15) is 32.2 Å². The molecule has 2 aromatic heterocycles. The monoisotopic (exact) mass is 409 g/mol. The van der Waals surface area contributed by atoms with Crippen molar-refractivity contribution in [2.24, 2.45) is 21.9 Å². The molecule has 0 spiro atoms. The van der Waals surface area contributed by atoms with Crippen LogP contribution in [0.2, 0.25) is 5.02 Å². The number of anilines is 1. The molecule has 1 atom stereocenters. The van der Waals surface area contributed by atoms with Gasteiger partial charge in [-0.15, -0.1) is 0 Å². The van der Waals surface area contributed by atoms with Gasteiger partial charge in [-0.25, -0.2) is 9.97 Å². The standard InChI is InChI=1S/C21H24ClN7/c1-13(18(28-24)10-25-9-14-3-2-4-14)29-11-17(15-5-7-16(22)8-6-15)19-20(23)26-12-27-21(19)29/h5-8,10-14H,2-4,9,24H2,1H3,(H2,23,26,27). The molecule has 4 N–H and O–H groups in total. The SMILES string of the molecule is CC(C(C=NCC1CCC1)=NN)n1cc(-c2ccc(Cl)cc2)c2c(N)ncnc21. The van der Waals surface area contributed by atoms with Gasteiger partial charge >= 0.3 is 0 Å². The molecule has 4 rings (SSSR count). The number of fused-ring (bicyclic) bond motifs is 1. The van der Waals surface area contributed by atoms with Gasteiger partial charge in [0.25, 0.3) is 0 Å². The summed E-state index contributed by atoms with van der Waals surface area (Å²) in [4.78, 5) is 13.2. The largest absolute Gasteiger partial charge is 0.383 e. The number of aromatic nitrogens is 3. The fourth-order valence-electron chi connectivity index (χ4n) is 3.61. The van der Waals surface area contributed by atoms with E-state index in [9.17, 15) is 0 Å². The van der Waals surface area contributed by atoms with Crippen LogP contribution in [0.15, 0.2) is 46.9 Å². The summed E-state index contributed by atoms with van der Waals surface area (Å²) in [5.41, 5.74) is 9.53. The summed E-state index contributed by atoms with van der Waals surface area (Å²) < 4.78 is 2.01. The summed E-state index contributed by atoms with van der Waals surface area (Å²) >= 11 is 6.05. The minimum atomic E-state index is -0.164. The predicted octanol–water partition coefficient (Wildman–Crippen LogP) is 4.08. The minimum absolute atomic E-state index is 0.164. The number of hydrazone groups is 1. The van der Waals surface area contributed by atoms with Crippen molar-refractivity contribution in [2.75, 3.05) is 12.3 Å². The van der Waals surface area contributed by atoms with E-state index in [0.717, 1.165) is 28.7 Å². The van der Waals surface area contributed by atoms with Crippen molar-refractivity contribution < 1.29 is 0 Å². The van der Waals surface area contributed by atoms with Crippen LogP contribution in [0.3, 0.4) is 0 Å². The number of hydrogen-bond acceptors (Lipinski definition) is 6. The zero-order valence-corrected chi connectivity index (χ0v) is 17.0. The highest BCUT2D eigenvalue weighted by Crippen LogP contribution is 2.35. The minimum Gasteiger partial charge on any atom is -0.383 e. The van der Waals surface area contributed by atoms with Gasteiger partial charge in [0, 0.05) is 29.5 Å². The number of aliphatic imine (C=N–C) groups is 1. The van der Waals surface area contributed by atoms with Crippen molar-refractivity contribution in [1.29, 1.82) is 0 Å². The van der Waals surface area contributed by atoms with Gasteiger partial charge in [0.15, 0.2) is 0 Å². The summed E-state index contributed by atoms with van der Waals surface area (Å²) in [6.45, 7) is 2.84. The van der Waals surface area contributed by atoms with E-state index in [-0.39, 0.29) is 6.04 Å². The normalized spacial score (nSPS) is 16.4. The molecule has 0 amide bonds. The highest BCUT2D eigenvalue weighted by molar-refractivity contribution is 6.32. The maximum Gasteiger partial charge on any atom is 0.146 e. The number of nitrogen functional groups attached to an aromatic ring is 1. The summed E-state index contributed by atoms with van der Waals surface area (Å²) in [7, 11) is 0. The maximum atomic E-state index is 6.21. The third-order valence-electron chi connectivity index (χ3n) is 5.60. The van der Waals surface area contributed by atoms with Crippen molar-refractivity contribution >= 4 is 40.4 Å². The first-order valence-electron chi connectivity index (χ1n) is 9.73. The third-order valence-corrected chi connectivity index (χ3v) is 5.85. The highest BCUT2D eigenvalue weighted by Gasteiger charge is 2.21. The quantitative estimate of drug-likeness (QED) is 0.363. The van der Waals surface area contributed by atoms with Gasteiger partial charge in [-0.3, -0.25) is 4.99 Å². The van der Waals surface area contributed by atoms with Crippen LogP contribution in [-0.4, -0.2) is 33.0 Å². The number of rotatable bonds is 6. The zero-order valence-electron chi connectivity index (χ0n) is 16.3. The molecule has 0 saturated heterocycles. The molecular weight excluding hydrogens is 386 g/mol. The number of benzene rings is 1. The number of nitrogens with zero attached hydrogens (tertiary/aromatic N) is 5. The topological polar surface area (TPSA) is 107 Å². The molecule has 0 bridgehead atoms. The van der Waals surface area contributed by atoms with Crippen molar-refractivity contribution in [3.05, 3.63) is 41.8 Å². The average molecular weight is 410 g/mol. The summed E-state index contributed by atoms with van der Waals surface area (Å²) in [5, 5.41) is 5.45. The fourth-order valence-corrected chi connectivity index (χ4v) is 3.74. The molecule has 7 nitrogen and oxygen atoms in total. The fraction of sp³-hybridized carbons (Fsp3) is 0.333. The van der Waals surface area contributed by atoms with Gasteiger partial charge in [0.1, 0.15) is 23.5 Å². The second-order valence-electron chi connectivity index (χ2n) is 7.44. The van der Waals surface area contributed by atoms with Crippen LogP contribution in [0.5, 0.6) is 0 Å². The Morgan fingerprint density at radius 3 is 2.72 bits per heavy atom. The molecule has 1 unspecified atom stereocenters. The Morgan fingerprint density at radius 2 is 2.07 bits per heavy atom. The molecule has 1 aromatic carbocycles. The van der Waals surface area contributed by atoms with Gasteiger partial charge in [-0.1, -0.05) is 30.2 Å². The van der Waals surface area contributed by atoms with Gasteiger partial charge in [-0.05, 0) is 43.4 Å². The molecule has 8 heteroatoms. The van der Waals surface area contributed by atoms with E-state index in [1.54, 1.807) is 6.21 Å². The smallest absolute Gasteiger partial charge is 0.146 e. The molecular formula is C21H24ClN7. The third kappa shape index (κ3) is 3.82. The van der Waals surface area contributed by atoms with Crippen LogP contribution in [-0.2, 0) is 0 Å². The van der Waals surface area contributed by atoms with E-state index in [1.807, 2.05) is 42.0 Å². The molecule has 29 heavy (non-hydrogen) atoms. The predicted molar refractivity (Wildman–Crippen MR) is 119 cm³/mol. The van der Waals surface area contributed by atoms with E-state index in [4.69, 9.17) is 23.2 Å². The number of halogens is 1. The van der Waals surface area contributed by atoms with E-state index in [2.05, 4.69) is 20.1 Å². The molecule has 1 aliphatic rings. The Morgan fingerprint density at radius 1 is 1.31 bits per heavy atom. The Hall–Kier alpha value is -2.93. The Labute approximate surface area is 174 Å². The van der Waals surface area contributed by atoms with Crippen molar-refractivity contribution in [2.45, 2.75) is 32.2 Å². The van der Waals surface area contributed by atoms with Crippen molar-refractivity contribution in [3.8, 4) is 11.1 Å². The Bertz CT molecular complexity index is 1060. The summed E-state index contributed by atoms with van der Waals surface area (Å²) in [6, 6.07) is 7.45. The van der Waals surface area contributed by atoms with Crippen LogP contribution in [0.4, 0.5) is 5.82 Å². The molecule has 2 heterocycles. The van der Waals surface area contributed by atoms with E-state index < -0.39 is 0 Å². The molecule has 0 aliphatic heterocycles. The molecule has 3 aromatic rings. The molecule has 1 saturated carbocycles. The Balaban J connectivity index is 1.73. The number of hydrogen-bond donors (Lipinski definition) is 2. The van der Waals surface area contributed by atoms with E-state index in [1.165, 1.54) is 25.6 Å². The van der Waals surface area contributed by atoms with E-state index >= 15 is 0 Å². The highest BCUT2D eigenvalue weighted by atomic mass is 35.5. The van der Waals surface area contributed by atoms with Gasteiger partial charge in [-0.2, -0.15) is 5.10 Å². The first-order chi connectivity index (χ1) is 14.1. The summed E-state index contributed by atoms with van der Waals surface area (Å²) in [6.07, 6.45) is 9.07. The average Bonchev–Trinajstić information content (AvgIpc) is 3.08. The summed E-state index contributed by atoms with van der Waals surface area (Å²) in [5.74, 6) is 6.81. The molecule has 150 valence electrons. The molecule has 0 radical (unpaired) electrons. The van der Waals surface area contributed by atoms with Crippen molar-refractivity contribution in [3.63, 3.8) is 0 Å². The first kappa shape index (κ1) is 19.4. The lowest BCUT2D eigenvalue weighted by Gasteiger charge is -2.23. The van der Waals surface area contributed by atoms with Gasteiger partial charge < -0.3 is 16.1 Å². The van der Waals surface area contributed by atoms with E-state index in [0.29, 0.717) is 22.5 Å². The second kappa shape index (κ2) is 8.21. The maximum absolute atomic E-state index is 6.21. The van der Waals surface area contributed by atoms with Crippen LogP contribution in [0, 0.1) is 5.92 Å². The first-order valence-corrected chi connectivity index (χ1v) is 10.1.